The van der Waals surface area contributed by atoms with Gasteiger partial charge in [0.25, 0.3) is 5.91 Å². The molecule has 5 nitrogen and oxygen atoms in total. The van der Waals surface area contributed by atoms with E-state index < -0.39 is 0 Å². The van der Waals surface area contributed by atoms with Gasteiger partial charge in [-0.1, -0.05) is 18.2 Å². The van der Waals surface area contributed by atoms with Crippen LogP contribution in [0.2, 0.25) is 0 Å². The van der Waals surface area contributed by atoms with Gasteiger partial charge in [-0.05, 0) is 36.2 Å². The third kappa shape index (κ3) is 2.90. The molecular formula is C16H14FN3O2. The second-order valence-corrected chi connectivity index (χ2v) is 4.94. The molecule has 0 aliphatic rings. The van der Waals surface area contributed by atoms with Crippen LogP contribution in [0.25, 0.3) is 11.0 Å². The Kier molecular flexibility index (Phi) is 3.74. The van der Waals surface area contributed by atoms with E-state index in [1.807, 2.05) is 0 Å². The van der Waals surface area contributed by atoms with Crippen molar-refractivity contribution in [1.29, 1.82) is 0 Å². The molecule has 1 heterocycles. The standard InChI is InChI=1S/C16H14FN3O2/c17-11-6-4-10(5-7-11)8-9-18-15(21)12-2-1-3-13-14(12)20-16(22)19-13/h1-7H,8-9H2,(H,18,21)(H2,19,20,22). The lowest BCUT2D eigenvalue weighted by atomic mass is 10.1. The van der Waals surface area contributed by atoms with Gasteiger partial charge in [0, 0.05) is 6.54 Å². The Morgan fingerprint density at radius 1 is 1.09 bits per heavy atom. The second-order valence-electron chi connectivity index (χ2n) is 4.94. The minimum atomic E-state index is -0.346. The lowest BCUT2D eigenvalue weighted by Gasteiger charge is -2.06. The van der Waals surface area contributed by atoms with Crippen LogP contribution in [0.15, 0.2) is 47.3 Å². The third-order valence-electron chi connectivity index (χ3n) is 3.41. The number of amides is 1. The summed E-state index contributed by atoms with van der Waals surface area (Å²) in [5, 5.41) is 2.79. The van der Waals surface area contributed by atoms with E-state index in [1.165, 1.54) is 12.1 Å². The van der Waals surface area contributed by atoms with Crippen molar-refractivity contribution in [2.75, 3.05) is 6.54 Å². The van der Waals surface area contributed by atoms with Crippen LogP contribution < -0.4 is 11.0 Å². The Bertz CT molecular complexity index is 865. The highest BCUT2D eigenvalue weighted by Crippen LogP contribution is 2.12. The van der Waals surface area contributed by atoms with Crippen molar-refractivity contribution in [2.45, 2.75) is 6.42 Å². The highest BCUT2D eigenvalue weighted by Gasteiger charge is 2.11. The molecule has 1 aromatic heterocycles. The van der Waals surface area contributed by atoms with Gasteiger partial charge in [-0.2, -0.15) is 0 Å². The van der Waals surface area contributed by atoms with Gasteiger partial charge in [0.05, 0.1) is 16.6 Å². The summed E-state index contributed by atoms with van der Waals surface area (Å²) in [6, 6.07) is 11.2. The monoisotopic (exact) mass is 299 g/mol. The van der Waals surface area contributed by atoms with Gasteiger partial charge in [0.2, 0.25) is 0 Å². The summed E-state index contributed by atoms with van der Waals surface area (Å²) in [5.41, 5.74) is 2.09. The van der Waals surface area contributed by atoms with Gasteiger partial charge < -0.3 is 15.3 Å². The molecule has 6 heteroatoms. The molecular weight excluding hydrogens is 285 g/mol. The number of para-hydroxylation sites is 1. The van der Waals surface area contributed by atoms with Crippen LogP contribution in [0.3, 0.4) is 0 Å². The predicted octanol–water partition coefficient (Wildman–Crippen LogP) is 1.97. The highest BCUT2D eigenvalue weighted by atomic mass is 19.1. The quantitative estimate of drug-likeness (QED) is 0.688. The molecule has 0 fully saturated rings. The summed E-state index contributed by atoms with van der Waals surface area (Å²) in [5.74, 6) is -0.543. The number of nitrogens with one attached hydrogen (secondary N) is 3. The number of hydrogen-bond acceptors (Lipinski definition) is 2. The van der Waals surface area contributed by atoms with Gasteiger partial charge >= 0.3 is 5.69 Å². The number of fused-ring (bicyclic) bond motifs is 1. The molecule has 0 radical (unpaired) electrons. The first-order chi connectivity index (χ1) is 10.6. The van der Waals surface area contributed by atoms with E-state index in [-0.39, 0.29) is 17.4 Å². The Hall–Kier alpha value is -2.89. The predicted molar refractivity (Wildman–Crippen MR) is 81.4 cm³/mol. The molecule has 0 spiro atoms. The number of hydrogen-bond donors (Lipinski definition) is 3. The fourth-order valence-corrected chi connectivity index (χ4v) is 2.31. The molecule has 22 heavy (non-hydrogen) atoms. The van der Waals surface area contributed by atoms with E-state index in [4.69, 9.17) is 0 Å². The van der Waals surface area contributed by atoms with E-state index in [0.29, 0.717) is 29.6 Å². The Morgan fingerprint density at radius 2 is 1.86 bits per heavy atom. The molecule has 3 N–H and O–H groups in total. The fourth-order valence-electron chi connectivity index (χ4n) is 2.31. The number of H-pyrrole nitrogens is 2. The molecule has 0 saturated heterocycles. The molecule has 2 aromatic carbocycles. The summed E-state index contributed by atoms with van der Waals surface area (Å²) < 4.78 is 12.8. The van der Waals surface area contributed by atoms with Crippen LogP contribution in [0.1, 0.15) is 15.9 Å². The Balaban J connectivity index is 1.68. The highest BCUT2D eigenvalue weighted by molar-refractivity contribution is 6.04. The summed E-state index contributed by atoms with van der Waals surface area (Å²) in [6.45, 7) is 0.426. The van der Waals surface area contributed by atoms with Crippen molar-refractivity contribution in [2.24, 2.45) is 0 Å². The van der Waals surface area contributed by atoms with Gasteiger partial charge in [-0.15, -0.1) is 0 Å². The topological polar surface area (TPSA) is 77.8 Å². The first-order valence-corrected chi connectivity index (χ1v) is 6.87. The van der Waals surface area contributed by atoms with Crippen molar-refractivity contribution < 1.29 is 9.18 Å². The molecule has 3 aromatic rings. The van der Waals surface area contributed by atoms with E-state index in [0.717, 1.165) is 5.56 Å². The first kappa shape index (κ1) is 14.1. The van der Waals surface area contributed by atoms with Gasteiger partial charge in [0.15, 0.2) is 0 Å². The number of carbonyl (C=O) groups excluding carboxylic acids is 1. The summed E-state index contributed by atoms with van der Waals surface area (Å²) >= 11 is 0. The zero-order valence-electron chi connectivity index (χ0n) is 11.7. The van der Waals surface area contributed by atoms with Gasteiger partial charge in [-0.3, -0.25) is 4.79 Å². The van der Waals surface area contributed by atoms with Crippen LogP contribution in [0, 0.1) is 5.82 Å². The summed E-state index contributed by atoms with van der Waals surface area (Å²) in [7, 11) is 0. The maximum Gasteiger partial charge on any atom is 0.323 e. The number of halogens is 1. The lowest BCUT2D eigenvalue weighted by Crippen LogP contribution is -2.26. The van der Waals surface area contributed by atoms with Gasteiger partial charge in [-0.25, -0.2) is 9.18 Å². The lowest BCUT2D eigenvalue weighted by molar-refractivity contribution is 0.0955. The minimum absolute atomic E-state index is 0.261. The molecule has 0 atom stereocenters. The second kappa shape index (κ2) is 5.85. The Morgan fingerprint density at radius 3 is 2.64 bits per heavy atom. The number of rotatable bonds is 4. The normalized spacial score (nSPS) is 10.8. The zero-order chi connectivity index (χ0) is 15.5. The first-order valence-electron chi connectivity index (χ1n) is 6.87. The van der Waals surface area contributed by atoms with E-state index in [1.54, 1.807) is 30.3 Å². The largest absolute Gasteiger partial charge is 0.352 e. The maximum atomic E-state index is 12.8. The van der Waals surface area contributed by atoms with E-state index >= 15 is 0 Å². The van der Waals surface area contributed by atoms with Crippen LogP contribution in [0.5, 0.6) is 0 Å². The molecule has 0 aliphatic carbocycles. The zero-order valence-corrected chi connectivity index (χ0v) is 11.7. The minimum Gasteiger partial charge on any atom is -0.352 e. The molecule has 0 bridgehead atoms. The average molecular weight is 299 g/mol. The molecule has 1 amide bonds. The fraction of sp³-hybridized carbons (Fsp3) is 0.125. The number of aromatic amines is 2. The smallest absolute Gasteiger partial charge is 0.323 e. The molecule has 3 rings (SSSR count). The van der Waals surface area contributed by atoms with Crippen LogP contribution >= 0.6 is 0 Å². The molecule has 0 unspecified atom stereocenters. The maximum absolute atomic E-state index is 12.8. The van der Waals surface area contributed by atoms with Crippen LogP contribution in [-0.4, -0.2) is 22.4 Å². The SMILES string of the molecule is O=C(NCCc1ccc(F)cc1)c1cccc2[nH]c(=O)[nH]c12. The van der Waals surface area contributed by atoms with Crippen LogP contribution in [0.4, 0.5) is 4.39 Å². The van der Waals surface area contributed by atoms with Crippen molar-refractivity contribution in [1.82, 2.24) is 15.3 Å². The van der Waals surface area contributed by atoms with Crippen molar-refractivity contribution in [3.63, 3.8) is 0 Å². The number of aromatic nitrogens is 2. The summed E-state index contributed by atoms with van der Waals surface area (Å²) in [6.07, 6.45) is 0.603. The average Bonchev–Trinajstić information content (AvgIpc) is 2.89. The van der Waals surface area contributed by atoms with Crippen molar-refractivity contribution in [3.05, 3.63) is 69.9 Å². The van der Waals surface area contributed by atoms with Crippen LogP contribution in [-0.2, 0) is 6.42 Å². The van der Waals surface area contributed by atoms with E-state index in [2.05, 4.69) is 15.3 Å². The third-order valence-corrected chi connectivity index (χ3v) is 3.41. The molecule has 0 saturated carbocycles. The van der Waals surface area contributed by atoms with E-state index in [9.17, 15) is 14.0 Å². The molecule has 112 valence electrons. The van der Waals surface area contributed by atoms with Crippen molar-refractivity contribution in [3.8, 4) is 0 Å². The number of benzene rings is 2. The number of carbonyl (C=O) groups is 1. The van der Waals surface area contributed by atoms with Gasteiger partial charge in [0.1, 0.15) is 5.82 Å². The summed E-state index contributed by atoms with van der Waals surface area (Å²) in [4.78, 5) is 28.7. The number of imidazole rings is 1. The van der Waals surface area contributed by atoms with Crippen molar-refractivity contribution >= 4 is 16.9 Å². The molecule has 0 aliphatic heterocycles. The Labute approximate surface area is 125 Å².